The fraction of sp³-hybridized carbons (Fsp3) is 0.148. The number of fused-ring (bicyclic) bond motifs is 2. The second kappa shape index (κ2) is 9.97. The van der Waals surface area contributed by atoms with Gasteiger partial charge in [-0.1, -0.05) is 41.6 Å². The molecular formula is C27H18F3N5O6. The van der Waals surface area contributed by atoms with Gasteiger partial charge in [0.25, 0.3) is 5.56 Å². The third-order valence-corrected chi connectivity index (χ3v) is 6.29. The zero-order valence-corrected chi connectivity index (χ0v) is 20.8. The molecule has 0 spiro atoms. The maximum absolute atomic E-state index is 13.6. The summed E-state index contributed by atoms with van der Waals surface area (Å²) in [5.74, 6) is -0.0733. The van der Waals surface area contributed by atoms with Crippen molar-refractivity contribution in [1.82, 2.24) is 19.3 Å². The number of carbonyl (C=O) groups excluding carboxylic acids is 1. The SMILES string of the molecule is O=C(Cn1c(=O)n(Cc2nc(-c3ccccc3)no2)c(=O)c2cc3c(cc21)OCO3)Nc1cccc(C(F)(F)F)c1. The van der Waals surface area contributed by atoms with Gasteiger partial charge in [-0.15, -0.1) is 0 Å². The highest BCUT2D eigenvalue weighted by molar-refractivity contribution is 5.92. The summed E-state index contributed by atoms with van der Waals surface area (Å²) in [4.78, 5) is 44.3. The molecule has 11 nitrogen and oxygen atoms in total. The largest absolute Gasteiger partial charge is 0.454 e. The second-order valence-corrected chi connectivity index (χ2v) is 8.99. The predicted octanol–water partition coefficient (Wildman–Crippen LogP) is 3.65. The molecule has 41 heavy (non-hydrogen) atoms. The number of nitrogens with zero attached hydrogens (tertiary/aromatic N) is 4. The van der Waals surface area contributed by atoms with E-state index in [9.17, 15) is 27.6 Å². The van der Waals surface area contributed by atoms with Crippen LogP contribution in [0.1, 0.15) is 11.5 Å². The first-order chi connectivity index (χ1) is 19.7. The van der Waals surface area contributed by atoms with Crippen molar-refractivity contribution in [1.29, 1.82) is 0 Å². The van der Waals surface area contributed by atoms with Gasteiger partial charge in [-0.25, -0.2) is 4.79 Å². The summed E-state index contributed by atoms with van der Waals surface area (Å²) < 4.78 is 57.2. The third-order valence-electron chi connectivity index (χ3n) is 6.29. The van der Waals surface area contributed by atoms with Crippen LogP contribution in [0.3, 0.4) is 0 Å². The number of carbonyl (C=O) groups is 1. The minimum atomic E-state index is -4.61. The summed E-state index contributed by atoms with van der Waals surface area (Å²) in [5.41, 5.74) is -1.95. The van der Waals surface area contributed by atoms with Gasteiger partial charge in [-0.2, -0.15) is 18.2 Å². The number of hydrogen-bond acceptors (Lipinski definition) is 8. The lowest BCUT2D eigenvalue weighted by Gasteiger charge is -2.14. The van der Waals surface area contributed by atoms with E-state index in [1.54, 1.807) is 24.3 Å². The third kappa shape index (κ3) is 5.02. The van der Waals surface area contributed by atoms with Crippen molar-refractivity contribution in [3.8, 4) is 22.9 Å². The lowest BCUT2D eigenvalue weighted by molar-refractivity contribution is -0.137. The van der Waals surface area contributed by atoms with Crippen molar-refractivity contribution >= 4 is 22.5 Å². The molecule has 1 N–H and O–H groups in total. The van der Waals surface area contributed by atoms with Gasteiger partial charge in [0.05, 0.1) is 16.5 Å². The molecule has 1 aliphatic heterocycles. The first-order valence-electron chi connectivity index (χ1n) is 12.1. The van der Waals surface area contributed by atoms with Crippen LogP contribution in [0.15, 0.2) is 80.8 Å². The monoisotopic (exact) mass is 565 g/mol. The Morgan fingerprint density at radius 1 is 0.951 bits per heavy atom. The van der Waals surface area contributed by atoms with E-state index in [0.29, 0.717) is 5.56 Å². The number of benzene rings is 3. The fourth-order valence-electron chi connectivity index (χ4n) is 4.38. The molecule has 0 saturated carbocycles. The molecule has 0 atom stereocenters. The zero-order valence-electron chi connectivity index (χ0n) is 20.8. The molecule has 3 aromatic carbocycles. The van der Waals surface area contributed by atoms with Crippen LogP contribution in [0, 0.1) is 0 Å². The van der Waals surface area contributed by atoms with Crippen LogP contribution < -0.4 is 26.0 Å². The summed E-state index contributed by atoms with van der Waals surface area (Å²) in [5, 5.41) is 6.30. The van der Waals surface area contributed by atoms with Crippen molar-refractivity contribution in [2.45, 2.75) is 19.3 Å². The highest BCUT2D eigenvalue weighted by atomic mass is 19.4. The van der Waals surface area contributed by atoms with Crippen molar-refractivity contribution in [2.24, 2.45) is 0 Å². The van der Waals surface area contributed by atoms with Gasteiger partial charge in [-0.3, -0.25) is 18.7 Å². The van der Waals surface area contributed by atoms with Gasteiger partial charge in [0.15, 0.2) is 11.5 Å². The minimum absolute atomic E-state index is 0.0310. The van der Waals surface area contributed by atoms with Gasteiger partial charge in [0.1, 0.15) is 13.1 Å². The van der Waals surface area contributed by atoms with Crippen molar-refractivity contribution in [3.63, 3.8) is 0 Å². The van der Waals surface area contributed by atoms with Crippen LogP contribution in [0.2, 0.25) is 0 Å². The fourth-order valence-corrected chi connectivity index (χ4v) is 4.38. The Kier molecular flexibility index (Phi) is 6.29. The maximum Gasteiger partial charge on any atom is 0.416 e. The van der Waals surface area contributed by atoms with Crippen LogP contribution in [-0.4, -0.2) is 32.0 Å². The highest BCUT2D eigenvalue weighted by Gasteiger charge is 2.30. The lowest BCUT2D eigenvalue weighted by atomic mass is 10.2. The lowest BCUT2D eigenvalue weighted by Crippen LogP contribution is -2.42. The molecule has 3 heterocycles. The molecule has 0 radical (unpaired) electrons. The topological polar surface area (TPSA) is 130 Å². The first kappa shape index (κ1) is 25.9. The molecule has 2 aromatic heterocycles. The smallest absolute Gasteiger partial charge is 0.416 e. The number of aromatic nitrogens is 4. The van der Waals surface area contributed by atoms with E-state index in [4.69, 9.17) is 14.0 Å². The summed E-state index contributed by atoms with van der Waals surface area (Å²) in [7, 11) is 0. The standard InChI is InChI=1S/C27H18F3N5O6/c28-27(29,30)16-7-4-8-17(9-16)31-22(36)12-34-19-11-21-20(39-14-40-21)10-18(19)25(37)35(26(34)38)13-23-32-24(33-41-23)15-5-2-1-3-6-15/h1-11H,12-14H2,(H,31,36). The number of ether oxygens (including phenoxy) is 2. The van der Waals surface area contributed by atoms with E-state index in [0.717, 1.165) is 27.3 Å². The normalized spacial score (nSPS) is 12.6. The molecule has 0 bridgehead atoms. The molecule has 6 rings (SSSR count). The van der Waals surface area contributed by atoms with E-state index < -0.39 is 42.0 Å². The van der Waals surface area contributed by atoms with E-state index >= 15 is 0 Å². The average Bonchev–Trinajstić information content (AvgIpc) is 3.62. The minimum Gasteiger partial charge on any atom is -0.454 e. The summed E-state index contributed by atoms with van der Waals surface area (Å²) in [6, 6.07) is 15.8. The van der Waals surface area contributed by atoms with E-state index in [1.165, 1.54) is 18.2 Å². The van der Waals surface area contributed by atoms with Crippen molar-refractivity contribution < 1.29 is 32.0 Å². The molecule has 1 amide bonds. The Labute approximate surface area is 227 Å². The molecule has 0 fully saturated rings. The molecule has 0 unspecified atom stereocenters. The number of rotatable bonds is 6. The highest BCUT2D eigenvalue weighted by Crippen LogP contribution is 2.35. The summed E-state index contributed by atoms with van der Waals surface area (Å²) in [6.45, 7) is -1.15. The van der Waals surface area contributed by atoms with Crippen LogP contribution >= 0.6 is 0 Å². The van der Waals surface area contributed by atoms with E-state index in [2.05, 4.69) is 15.5 Å². The van der Waals surface area contributed by atoms with Gasteiger partial charge >= 0.3 is 11.9 Å². The molecule has 14 heteroatoms. The molecule has 1 aliphatic rings. The van der Waals surface area contributed by atoms with E-state index in [1.807, 2.05) is 6.07 Å². The first-order valence-corrected chi connectivity index (χ1v) is 12.1. The molecular weight excluding hydrogens is 547 g/mol. The van der Waals surface area contributed by atoms with Crippen LogP contribution in [-0.2, 0) is 24.1 Å². The maximum atomic E-state index is 13.6. The number of halogens is 3. The quantitative estimate of drug-likeness (QED) is 0.330. The molecule has 0 saturated heterocycles. The number of nitrogens with one attached hydrogen (secondary N) is 1. The Hall–Kier alpha value is -5.40. The zero-order chi connectivity index (χ0) is 28.7. The number of anilines is 1. The molecule has 5 aromatic rings. The Morgan fingerprint density at radius 2 is 1.71 bits per heavy atom. The Balaban J connectivity index is 1.39. The summed E-state index contributed by atoms with van der Waals surface area (Å²) in [6.07, 6.45) is -4.61. The van der Waals surface area contributed by atoms with Gasteiger partial charge in [0, 0.05) is 17.3 Å². The second-order valence-electron chi connectivity index (χ2n) is 8.99. The number of alkyl halides is 3. The van der Waals surface area contributed by atoms with Crippen LogP contribution in [0.25, 0.3) is 22.3 Å². The van der Waals surface area contributed by atoms with Gasteiger partial charge < -0.3 is 19.3 Å². The van der Waals surface area contributed by atoms with Gasteiger partial charge in [-0.05, 0) is 24.3 Å². The van der Waals surface area contributed by atoms with Crippen LogP contribution in [0.4, 0.5) is 18.9 Å². The predicted molar refractivity (Wildman–Crippen MR) is 138 cm³/mol. The number of hydrogen-bond donors (Lipinski definition) is 1. The Morgan fingerprint density at radius 3 is 2.46 bits per heavy atom. The van der Waals surface area contributed by atoms with Crippen molar-refractivity contribution in [2.75, 3.05) is 12.1 Å². The summed E-state index contributed by atoms with van der Waals surface area (Å²) >= 11 is 0. The Bertz CT molecular complexity index is 1910. The molecule has 208 valence electrons. The average molecular weight is 565 g/mol. The van der Waals surface area contributed by atoms with Crippen LogP contribution in [0.5, 0.6) is 11.5 Å². The van der Waals surface area contributed by atoms with Crippen molar-refractivity contribution in [3.05, 3.63) is 99.0 Å². The van der Waals surface area contributed by atoms with Gasteiger partial charge in [0.2, 0.25) is 24.4 Å². The van der Waals surface area contributed by atoms with E-state index in [-0.39, 0.29) is 46.6 Å². The number of amides is 1. The molecule has 0 aliphatic carbocycles.